The largest absolute Gasteiger partial charge is 1.00 e. The van der Waals surface area contributed by atoms with Crippen molar-refractivity contribution in [3.63, 3.8) is 0 Å². The molecule has 0 aromatic heterocycles. The van der Waals surface area contributed by atoms with E-state index in [4.69, 9.17) is 4.74 Å². The maximum Gasteiger partial charge on any atom is 1.00 e. The van der Waals surface area contributed by atoms with Gasteiger partial charge in [0.25, 0.3) is 0 Å². The van der Waals surface area contributed by atoms with Crippen LogP contribution >= 0.6 is 0 Å². The summed E-state index contributed by atoms with van der Waals surface area (Å²) in [6.45, 7) is 0.587. The molecule has 1 saturated heterocycles. The second kappa shape index (κ2) is 6.97. The number of rotatable bonds is 2. The van der Waals surface area contributed by atoms with Gasteiger partial charge < -0.3 is 22.6 Å². The van der Waals surface area contributed by atoms with Gasteiger partial charge in [0.15, 0.2) is 0 Å². The number of carbonyl (C=O) groups is 1. The predicted octanol–water partition coefficient (Wildman–Crippen LogP) is 0.237. The van der Waals surface area contributed by atoms with Crippen LogP contribution < -0.4 is 51.4 Å². The second-order valence-electron chi connectivity index (χ2n) is 5.42. The van der Waals surface area contributed by atoms with E-state index >= 15 is 0 Å². The standard InChI is InChI=1S/C10H18BF3NO2.K/c1-10(2,3)17-9(16)15-6-4-5-8(15)7-11(12,13)14;/h8H,4-7H2,1-3H3;/q-1;+1/t8-;/m0./s1. The smallest absolute Gasteiger partial charge is 0.449 e. The quantitative estimate of drug-likeness (QED) is 0.682. The Morgan fingerprint density at radius 2 is 1.94 bits per heavy atom. The van der Waals surface area contributed by atoms with Crippen molar-refractivity contribution in [2.75, 3.05) is 6.54 Å². The number of likely N-dealkylation sites (tertiary alicyclic amines) is 1. The molecule has 1 aliphatic heterocycles. The van der Waals surface area contributed by atoms with Crippen molar-refractivity contribution < 1.29 is 73.9 Å². The molecule has 0 aromatic carbocycles. The molecular formula is C10H18BF3KNO2. The van der Waals surface area contributed by atoms with Gasteiger partial charge in [-0.2, -0.15) is 0 Å². The fourth-order valence-electron chi connectivity index (χ4n) is 1.95. The van der Waals surface area contributed by atoms with Crippen molar-refractivity contribution in [3.8, 4) is 0 Å². The molecule has 0 N–H and O–H groups in total. The van der Waals surface area contributed by atoms with Crippen molar-refractivity contribution in [2.45, 2.75) is 51.6 Å². The van der Waals surface area contributed by atoms with Gasteiger partial charge in [-0.3, -0.25) is 0 Å². The molecule has 1 atom stereocenters. The maximum absolute atomic E-state index is 12.4. The molecule has 1 rings (SSSR count). The molecule has 8 heteroatoms. The maximum atomic E-state index is 12.4. The Bertz CT molecular complexity index is 294. The van der Waals surface area contributed by atoms with E-state index < -0.39 is 31.0 Å². The molecule has 1 aliphatic rings. The first kappa shape index (κ1) is 18.8. The molecule has 3 nitrogen and oxygen atoms in total. The summed E-state index contributed by atoms with van der Waals surface area (Å²) in [6, 6.07) is -0.746. The van der Waals surface area contributed by atoms with Gasteiger partial charge in [-0.15, -0.1) is 0 Å². The zero-order chi connectivity index (χ0) is 13.3. The Hall–Kier alpha value is 0.761. The number of carbonyl (C=O) groups excluding carboxylic acids is 1. The van der Waals surface area contributed by atoms with Crippen LogP contribution in [0.4, 0.5) is 17.7 Å². The van der Waals surface area contributed by atoms with E-state index in [0.29, 0.717) is 19.4 Å². The molecule has 1 fully saturated rings. The minimum atomic E-state index is -4.86. The number of ether oxygens (including phenoxy) is 1. The van der Waals surface area contributed by atoms with Gasteiger partial charge in [-0.25, -0.2) is 4.79 Å². The Morgan fingerprint density at radius 1 is 1.39 bits per heavy atom. The molecule has 1 heterocycles. The fraction of sp³-hybridized carbons (Fsp3) is 0.900. The van der Waals surface area contributed by atoms with Crippen LogP contribution in [-0.4, -0.2) is 36.2 Å². The first-order chi connectivity index (χ1) is 7.58. The van der Waals surface area contributed by atoms with Gasteiger partial charge in [-0.05, 0) is 33.6 Å². The SMILES string of the molecule is CC(C)(C)OC(=O)N1CCC[C@H]1C[B-](F)(F)F.[K+]. The summed E-state index contributed by atoms with van der Waals surface area (Å²) in [6.07, 6.45) is -0.518. The first-order valence-corrected chi connectivity index (χ1v) is 5.79. The van der Waals surface area contributed by atoms with E-state index in [9.17, 15) is 17.7 Å². The normalized spacial score (nSPS) is 20.6. The van der Waals surface area contributed by atoms with Gasteiger partial charge in [0, 0.05) is 12.6 Å². The second-order valence-corrected chi connectivity index (χ2v) is 5.42. The van der Waals surface area contributed by atoms with Crippen molar-refractivity contribution in [1.82, 2.24) is 4.90 Å². The van der Waals surface area contributed by atoms with Crippen LogP contribution in [0, 0.1) is 0 Å². The molecule has 0 unspecified atom stereocenters. The van der Waals surface area contributed by atoms with E-state index in [1.807, 2.05) is 0 Å². The Kier molecular flexibility index (Phi) is 7.26. The van der Waals surface area contributed by atoms with Crippen molar-refractivity contribution in [1.29, 1.82) is 0 Å². The third kappa shape index (κ3) is 6.79. The first-order valence-electron chi connectivity index (χ1n) is 5.79. The minimum absolute atomic E-state index is 0. The summed E-state index contributed by atoms with van der Waals surface area (Å²) in [7, 11) is 0. The molecule has 0 saturated carbocycles. The van der Waals surface area contributed by atoms with Gasteiger partial charge in [0.05, 0.1) is 0 Å². The Morgan fingerprint density at radius 3 is 2.39 bits per heavy atom. The van der Waals surface area contributed by atoms with Crippen LogP contribution in [0.5, 0.6) is 0 Å². The zero-order valence-corrected chi connectivity index (χ0v) is 14.5. The average molecular weight is 291 g/mol. The van der Waals surface area contributed by atoms with Gasteiger partial charge in [0.2, 0.25) is 0 Å². The summed E-state index contributed by atoms with van der Waals surface area (Å²) in [4.78, 5) is 12.9. The van der Waals surface area contributed by atoms with Crippen LogP contribution in [0.25, 0.3) is 0 Å². The molecule has 0 spiro atoms. The van der Waals surface area contributed by atoms with Crippen molar-refractivity contribution in [2.24, 2.45) is 0 Å². The number of nitrogens with zero attached hydrogens (tertiary/aromatic N) is 1. The predicted molar refractivity (Wildman–Crippen MR) is 59.8 cm³/mol. The number of amides is 1. The van der Waals surface area contributed by atoms with Crippen LogP contribution in [0.3, 0.4) is 0 Å². The Labute approximate surface area is 148 Å². The average Bonchev–Trinajstić information content (AvgIpc) is 2.45. The summed E-state index contributed by atoms with van der Waals surface area (Å²) in [5.41, 5.74) is -0.673. The molecule has 100 valence electrons. The topological polar surface area (TPSA) is 29.5 Å². The van der Waals surface area contributed by atoms with Crippen LogP contribution in [0.15, 0.2) is 0 Å². The number of hydrogen-bond donors (Lipinski definition) is 0. The molecule has 0 aromatic rings. The van der Waals surface area contributed by atoms with Crippen molar-refractivity contribution in [3.05, 3.63) is 0 Å². The third-order valence-electron chi connectivity index (χ3n) is 2.54. The van der Waals surface area contributed by atoms with Gasteiger partial charge >= 0.3 is 64.5 Å². The summed E-state index contributed by atoms with van der Waals surface area (Å²) in [5, 5.41) is 0. The summed E-state index contributed by atoms with van der Waals surface area (Å²) in [5.74, 6) is 0. The van der Waals surface area contributed by atoms with E-state index in [0.717, 1.165) is 0 Å². The van der Waals surface area contributed by atoms with Crippen LogP contribution in [0.2, 0.25) is 6.32 Å². The number of halogens is 3. The molecule has 18 heavy (non-hydrogen) atoms. The molecule has 0 aliphatic carbocycles. The van der Waals surface area contributed by atoms with E-state index in [1.54, 1.807) is 20.8 Å². The molecule has 0 radical (unpaired) electrons. The fourth-order valence-corrected chi connectivity index (χ4v) is 1.95. The summed E-state index contributed by atoms with van der Waals surface area (Å²) >= 11 is 0. The molecule has 1 amide bonds. The molecule has 0 bridgehead atoms. The minimum Gasteiger partial charge on any atom is -0.449 e. The summed E-state index contributed by atoms with van der Waals surface area (Å²) < 4.78 is 42.2. The van der Waals surface area contributed by atoms with Crippen LogP contribution in [0.1, 0.15) is 33.6 Å². The van der Waals surface area contributed by atoms with E-state index in [1.165, 1.54) is 4.90 Å². The third-order valence-corrected chi connectivity index (χ3v) is 2.54. The van der Waals surface area contributed by atoms with Gasteiger partial charge in [0.1, 0.15) is 5.60 Å². The number of hydrogen-bond acceptors (Lipinski definition) is 2. The van der Waals surface area contributed by atoms with Crippen LogP contribution in [-0.2, 0) is 4.74 Å². The van der Waals surface area contributed by atoms with Crippen molar-refractivity contribution >= 4 is 13.1 Å². The van der Waals surface area contributed by atoms with E-state index in [-0.39, 0.29) is 51.4 Å². The van der Waals surface area contributed by atoms with Gasteiger partial charge in [-0.1, -0.05) is 6.32 Å². The molecular weight excluding hydrogens is 273 g/mol. The monoisotopic (exact) mass is 291 g/mol. The Balaban J connectivity index is 0.00000289. The zero-order valence-electron chi connectivity index (χ0n) is 11.4. The van der Waals surface area contributed by atoms with E-state index in [2.05, 4.69) is 0 Å².